The van der Waals surface area contributed by atoms with Crippen molar-refractivity contribution in [1.29, 1.82) is 0 Å². The van der Waals surface area contributed by atoms with E-state index in [1.54, 1.807) is 0 Å². The maximum Gasteiger partial charge on any atom is 0.240 e. The molecular formula is C16H21ClN2O. The van der Waals surface area contributed by atoms with Crippen LogP contribution in [0.15, 0.2) is 24.3 Å². The van der Waals surface area contributed by atoms with Crippen molar-refractivity contribution in [2.45, 2.75) is 49.5 Å². The summed E-state index contributed by atoms with van der Waals surface area (Å²) in [5, 5.41) is 3.84. The predicted octanol–water partition coefficient (Wildman–Crippen LogP) is 2.76. The summed E-state index contributed by atoms with van der Waals surface area (Å²) in [6.07, 6.45) is 6.29. The van der Waals surface area contributed by atoms with Gasteiger partial charge in [0.1, 0.15) is 0 Å². The summed E-state index contributed by atoms with van der Waals surface area (Å²) in [5.74, 6) is 0.0118. The van der Waals surface area contributed by atoms with Gasteiger partial charge in [-0.1, -0.05) is 36.6 Å². The molecule has 2 saturated carbocycles. The Labute approximate surface area is 124 Å². The highest BCUT2D eigenvalue weighted by Crippen LogP contribution is 2.41. The maximum atomic E-state index is 12.1. The quantitative estimate of drug-likeness (QED) is 0.896. The van der Waals surface area contributed by atoms with Gasteiger partial charge in [0.05, 0.1) is 5.54 Å². The molecule has 0 heterocycles. The lowest BCUT2D eigenvalue weighted by molar-refractivity contribution is -0.123. The number of carbonyl (C=O) groups excluding carboxylic acids is 1. The first-order chi connectivity index (χ1) is 9.54. The number of halogens is 1. The Hall–Kier alpha value is -1.06. The van der Waals surface area contributed by atoms with E-state index in [-0.39, 0.29) is 11.3 Å². The molecule has 0 bridgehead atoms. The number of nitrogens with one attached hydrogen (secondary N) is 1. The number of hydrogen-bond acceptors (Lipinski definition) is 2. The zero-order valence-corrected chi connectivity index (χ0v) is 12.4. The summed E-state index contributed by atoms with van der Waals surface area (Å²) < 4.78 is 0. The van der Waals surface area contributed by atoms with Crippen LogP contribution >= 0.6 is 11.6 Å². The normalized spacial score (nSPS) is 22.5. The lowest BCUT2D eigenvalue weighted by atomic mass is 9.78. The molecule has 1 amide bonds. The van der Waals surface area contributed by atoms with Crippen LogP contribution in [0, 0.1) is 0 Å². The monoisotopic (exact) mass is 292 g/mol. The Kier molecular flexibility index (Phi) is 3.51. The van der Waals surface area contributed by atoms with E-state index < -0.39 is 5.54 Å². The van der Waals surface area contributed by atoms with E-state index in [2.05, 4.69) is 17.4 Å². The Morgan fingerprint density at radius 3 is 2.30 bits per heavy atom. The van der Waals surface area contributed by atoms with Gasteiger partial charge in [-0.05, 0) is 43.4 Å². The largest absolute Gasteiger partial charge is 0.354 e. The number of benzene rings is 1. The highest BCUT2D eigenvalue weighted by atomic mass is 35.5. The fourth-order valence-electron chi connectivity index (χ4n) is 3.21. The molecule has 3 rings (SSSR count). The second-order valence-corrected chi connectivity index (χ2v) is 6.77. The first-order valence-electron chi connectivity index (χ1n) is 7.37. The first kappa shape index (κ1) is 13.9. The number of amides is 1. The van der Waals surface area contributed by atoms with Crippen LogP contribution in [0.5, 0.6) is 0 Å². The average molecular weight is 293 g/mol. The minimum Gasteiger partial charge on any atom is -0.354 e. The summed E-state index contributed by atoms with van der Waals surface area (Å²) in [6, 6.07) is 8.05. The molecule has 0 atom stereocenters. The summed E-state index contributed by atoms with van der Waals surface area (Å²) in [7, 11) is 0. The van der Waals surface area contributed by atoms with E-state index in [1.165, 1.54) is 18.4 Å². The summed E-state index contributed by atoms with van der Waals surface area (Å²) in [4.78, 5) is 12.1. The van der Waals surface area contributed by atoms with Crippen molar-refractivity contribution in [3.05, 3.63) is 34.9 Å². The number of rotatable bonds is 4. The Morgan fingerprint density at radius 2 is 1.75 bits per heavy atom. The van der Waals surface area contributed by atoms with Gasteiger partial charge < -0.3 is 11.1 Å². The fraction of sp³-hybridized carbons (Fsp3) is 0.562. The molecule has 2 aliphatic rings. The van der Waals surface area contributed by atoms with E-state index in [9.17, 15) is 4.79 Å². The molecule has 0 aliphatic heterocycles. The molecule has 3 N–H and O–H groups in total. The van der Waals surface area contributed by atoms with Crippen molar-refractivity contribution in [2.24, 2.45) is 5.73 Å². The lowest BCUT2D eigenvalue weighted by Crippen LogP contribution is -2.47. The Bertz CT molecular complexity index is 502. The average Bonchev–Trinajstić information content (AvgIpc) is 3.03. The summed E-state index contributed by atoms with van der Waals surface area (Å²) in [6.45, 7) is 0.687. The molecule has 1 aromatic carbocycles. The molecule has 3 nitrogen and oxygen atoms in total. The molecule has 4 heteroatoms. The van der Waals surface area contributed by atoms with Crippen molar-refractivity contribution in [1.82, 2.24) is 5.32 Å². The minimum absolute atomic E-state index is 0.0118. The van der Waals surface area contributed by atoms with E-state index in [0.29, 0.717) is 6.54 Å². The Balaban J connectivity index is 1.74. The second-order valence-electron chi connectivity index (χ2n) is 6.33. The third-order valence-electron chi connectivity index (χ3n) is 4.85. The van der Waals surface area contributed by atoms with Gasteiger partial charge in [0.25, 0.3) is 0 Å². The maximum absolute atomic E-state index is 12.1. The SMILES string of the molecule is NC1(C(=O)NCC2(c3ccc(Cl)cc3)CCCC2)CC1. The van der Waals surface area contributed by atoms with Crippen LogP contribution in [-0.4, -0.2) is 18.0 Å². The highest BCUT2D eigenvalue weighted by Gasteiger charge is 2.47. The molecule has 20 heavy (non-hydrogen) atoms. The van der Waals surface area contributed by atoms with Crippen LogP contribution < -0.4 is 11.1 Å². The fourth-order valence-corrected chi connectivity index (χ4v) is 3.34. The zero-order valence-electron chi connectivity index (χ0n) is 11.6. The molecule has 0 aromatic heterocycles. The molecule has 0 saturated heterocycles. The van der Waals surface area contributed by atoms with Crippen LogP contribution in [0.3, 0.4) is 0 Å². The third kappa shape index (κ3) is 2.57. The van der Waals surface area contributed by atoms with Crippen molar-refractivity contribution in [3.8, 4) is 0 Å². The molecule has 2 fully saturated rings. The topological polar surface area (TPSA) is 55.1 Å². The van der Waals surface area contributed by atoms with Gasteiger partial charge in [0, 0.05) is 17.0 Å². The first-order valence-corrected chi connectivity index (χ1v) is 7.75. The van der Waals surface area contributed by atoms with Gasteiger partial charge in [0.2, 0.25) is 5.91 Å². The van der Waals surface area contributed by atoms with Crippen LogP contribution in [0.4, 0.5) is 0 Å². The zero-order chi connectivity index (χ0) is 14.2. The molecule has 0 radical (unpaired) electrons. The van der Waals surface area contributed by atoms with E-state index in [4.69, 9.17) is 17.3 Å². The highest BCUT2D eigenvalue weighted by molar-refractivity contribution is 6.30. The van der Waals surface area contributed by atoms with Crippen molar-refractivity contribution < 1.29 is 4.79 Å². The van der Waals surface area contributed by atoms with Crippen molar-refractivity contribution in [2.75, 3.05) is 6.54 Å². The number of carbonyl (C=O) groups is 1. The number of hydrogen-bond donors (Lipinski definition) is 2. The third-order valence-corrected chi connectivity index (χ3v) is 5.10. The number of nitrogens with two attached hydrogens (primary N) is 1. The molecular weight excluding hydrogens is 272 g/mol. The van der Waals surface area contributed by atoms with E-state index >= 15 is 0 Å². The van der Waals surface area contributed by atoms with Crippen LogP contribution in [-0.2, 0) is 10.2 Å². The van der Waals surface area contributed by atoms with Gasteiger partial charge >= 0.3 is 0 Å². The van der Waals surface area contributed by atoms with Gasteiger partial charge in [-0.3, -0.25) is 4.79 Å². The van der Waals surface area contributed by atoms with Gasteiger partial charge in [0.15, 0.2) is 0 Å². The molecule has 1 aromatic rings. The van der Waals surface area contributed by atoms with Crippen LogP contribution in [0.1, 0.15) is 44.1 Å². The minimum atomic E-state index is -0.584. The standard InChI is InChI=1S/C16H21ClN2O/c17-13-5-3-12(4-6-13)15(7-1-2-8-15)11-19-14(20)16(18)9-10-16/h3-6H,1-2,7-11,18H2,(H,19,20). The van der Waals surface area contributed by atoms with Crippen LogP contribution in [0.2, 0.25) is 5.02 Å². The van der Waals surface area contributed by atoms with Crippen LogP contribution in [0.25, 0.3) is 0 Å². The summed E-state index contributed by atoms with van der Waals surface area (Å²) >= 11 is 5.97. The predicted molar refractivity (Wildman–Crippen MR) is 80.8 cm³/mol. The van der Waals surface area contributed by atoms with Gasteiger partial charge in [-0.2, -0.15) is 0 Å². The lowest BCUT2D eigenvalue weighted by Gasteiger charge is -2.30. The molecule has 108 valence electrons. The molecule has 0 spiro atoms. The van der Waals surface area contributed by atoms with Gasteiger partial charge in [-0.25, -0.2) is 0 Å². The smallest absolute Gasteiger partial charge is 0.240 e. The molecule has 2 aliphatic carbocycles. The second kappa shape index (κ2) is 5.05. The van der Waals surface area contributed by atoms with Crippen molar-refractivity contribution >= 4 is 17.5 Å². The van der Waals surface area contributed by atoms with Gasteiger partial charge in [-0.15, -0.1) is 0 Å². The van der Waals surface area contributed by atoms with E-state index in [0.717, 1.165) is 30.7 Å². The molecule has 0 unspecified atom stereocenters. The van der Waals surface area contributed by atoms with E-state index in [1.807, 2.05) is 12.1 Å². The van der Waals surface area contributed by atoms with Crippen molar-refractivity contribution in [3.63, 3.8) is 0 Å². The summed E-state index contributed by atoms with van der Waals surface area (Å²) in [5.41, 5.74) is 6.70. The Morgan fingerprint density at radius 1 is 1.15 bits per heavy atom.